The molecule has 0 saturated heterocycles. The van der Waals surface area contributed by atoms with Crippen LogP contribution in [0.4, 0.5) is 0 Å². The molecule has 1 unspecified atom stereocenters. The predicted molar refractivity (Wildman–Crippen MR) is 357 cm³/mol. The summed E-state index contributed by atoms with van der Waals surface area (Å²) in [6.45, 7) is 6.47. The van der Waals surface area contributed by atoms with E-state index in [2.05, 4.69) is 130 Å². The Bertz CT molecular complexity index is 1640. The smallest absolute Gasteiger partial charge is 0.306 e. The van der Waals surface area contributed by atoms with Gasteiger partial charge < -0.3 is 14.2 Å². The molecule has 6 nitrogen and oxygen atoms in total. The molecule has 0 aliphatic heterocycles. The number of carbonyl (C=O) groups excluding carboxylic acids is 3. The maximum atomic E-state index is 12.9. The molecule has 0 aliphatic rings. The largest absolute Gasteiger partial charge is 0.462 e. The molecule has 0 N–H and O–H groups in total. The van der Waals surface area contributed by atoms with Crippen LogP contribution in [0.5, 0.6) is 0 Å². The van der Waals surface area contributed by atoms with Gasteiger partial charge in [0.1, 0.15) is 13.2 Å². The van der Waals surface area contributed by atoms with Crippen molar-refractivity contribution in [2.24, 2.45) is 0 Å². The highest BCUT2D eigenvalue weighted by Crippen LogP contribution is 2.17. The molecule has 0 fully saturated rings. The molecule has 0 aliphatic carbocycles. The summed E-state index contributed by atoms with van der Waals surface area (Å²) in [7, 11) is 0. The van der Waals surface area contributed by atoms with Gasteiger partial charge in [0.25, 0.3) is 0 Å². The van der Waals surface area contributed by atoms with Crippen LogP contribution in [0.1, 0.15) is 335 Å². The second-order valence-electron chi connectivity index (χ2n) is 23.1. The normalized spacial score (nSPS) is 12.8. The van der Waals surface area contributed by atoms with Crippen LogP contribution in [0.15, 0.2) is 109 Å². The van der Waals surface area contributed by atoms with Crippen molar-refractivity contribution >= 4 is 17.9 Å². The maximum Gasteiger partial charge on any atom is 0.306 e. The Morgan fingerprint density at radius 2 is 0.500 bits per heavy atom. The van der Waals surface area contributed by atoms with Crippen molar-refractivity contribution in [3.05, 3.63) is 109 Å². The highest BCUT2D eigenvalue weighted by atomic mass is 16.6. The van der Waals surface area contributed by atoms with Crippen molar-refractivity contribution in [2.75, 3.05) is 13.2 Å². The standard InChI is InChI=1S/C76H130O6/c1-4-7-10-13-16-19-22-25-27-29-30-31-32-33-34-35-36-37-38-39-40-41-42-43-44-45-46-47-49-51-54-57-60-63-66-69-75(78)81-72-73(71-80-74(77)68-65-62-59-56-53-50-24-21-18-15-12-9-6-3)82-76(79)70-67-64-61-58-55-52-48-28-26-23-20-17-14-11-8-5-2/h7,10,12,15-16,19,21,24-25,27-28,30-31,33-34,36-37,48,73H,4-6,8-9,11,13-14,17-18,20,22-23,26,29,32,35,38-47,49-72H2,1-3H3/b10-7-,15-12-,19-16-,24-21-,27-25-,31-30-,34-33-,37-36-,48-28-. The summed E-state index contributed by atoms with van der Waals surface area (Å²) < 4.78 is 16.9. The van der Waals surface area contributed by atoms with Crippen molar-refractivity contribution in [2.45, 2.75) is 341 Å². The fourth-order valence-corrected chi connectivity index (χ4v) is 9.78. The Balaban J connectivity index is 4.16. The van der Waals surface area contributed by atoms with E-state index in [1.54, 1.807) is 0 Å². The van der Waals surface area contributed by atoms with Crippen LogP contribution in [-0.4, -0.2) is 37.2 Å². The van der Waals surface area contributed by atoms with E-state index in [9.17, 15) is 14.4 Å². The minimum absolute atomic E-state index is 0.0832. The highest BCUT2D eigenvalue weighted by molar-refractivity contribution is 5.71. The van der Waals surface area contributed by atoms with Crippen LogP contribution < -0.4 is 0 Å². The summed E-state index contributed by atoms with van der Waals surface area (Å²) in [6, 6.07) is 0. The average Bonchev–Trinajstić information content (AvgIpc) is 3.47. The van der Waals surface area contributed by atoms with Gasteiger partial charge in [-0.15, -0.1) is 0 Å². The number of rotatable bonds is 63. The second-order valence-corrected chi connectivity index (χ2v) is 23.1. The molecule has 0 heterocycles. The molecule has 0 amide bonds. The zero-order valence-corrected chi connectivity index (χ0v) is 54.0. The van der Waals surface area contributed by atoms with Gasteiger partial charge in [-0.2, -0.15) is 0 Å². The third kappa shape index (κ3) is 66.9. The van der Waals surface area contributed by atoms with Crippen molar-refractivity contribution < 1.29 is 28.6 Å². The van der Waals surface area contributed by atoms with E-state index in [0.29, 0.717) is 19.3 Å². The van der Waals surface area contributed by atoms with E-state index in [4.69, 9.17) is 14.2 Å². The molecule has 0 aromatic heterocycles. The van der Waals surface area contributed by atoms with E-state index >= 15 is 0 Å². The van der Waals surface area contributed by atoms with Crippen LogP contribution in [0.25, 0.3) is 0 Å². The highest BCUT2D eigenvalue weighted by Gasteiger charge is 2.19. The molecular formula is C76H130O6. The molecule has 470 valence electrons. The molecule has 0 spiro atoms. The Morgan fingerprint density at radius 3 is 0.805 bits per heavy atom. The van der Waals surface area contributed by atoms with Gasteiger partial charge in [-0.1, -0.05) is 304 Å². The van der Waals surface area contributed by atoms with Gasteiger partial charge in [0.05, 0.1) is 0 Å². The molecular weight excluding hydrogens is 1010 g/mol. The third-order valence-electron chi connectivity index (χ3n) is 15.0. The van der Waals surface area contributed by atoms with E-state index in [0.717, 1.165) is 141 Å². The molecule has 0 rings (SSSR count). The minimum atomic E-state index is -0.788. The van der Waals surface area contributed by atoms with Crippen LogP contribution >= 0.6 is 0 Å². The van der Waals surface area contributed by atoms with Gasteiger partial charge in [0.15, 0.2) is 6.10 Å². The zero-order chi connectivity index (χ0) is 59.2. The summed E-state index contributed by atoms with van der Waals surface area (Å²) in [5.74, 6) is -0.894. The Morgan fingerprint density at radius 1 is 0.256 bits per heavy atom. The minimum Gasteiger partial charge on any atom is -0.462 e. The van der Waals surface area contributed by atoms with Gasteiger partial charge in [-0.25, -0.2) is 0 Å². The first-order valence-electron chi connectivity index (χ1n) is 34.9. The first kappa shape index (κ1) is 78.1. The fraction of sp³-hybridized carbons (Fsp3) is 0.724. The lowest BCUT2D eigenvalue weighted by molar-refractivity contribution is -0.167. The number of allylic oxidation sites excluding steroid dienone is 18. The Kier molecular flexibility index (Phi) is 66.2. The van der Waals surface area contributed by atoms with Crippen LogP contribution in [0.2, 0.25) is 0 Å². The van der Waals surface area contributed by atoms with Gasteiger partial charge >= 0.3 is 17.9 Å². The number of hydrogen-bond acceptors (Lipinski definition) is 6. The quantitative estimate of drug-likeness (QED) is 0.0261. The number of esters is 3. The lowest BCUT2D eigenvalue weighted by Crippen LogP contribution is -2.30. The van der Waals surface area contributed by atoms with E-state index < -0.39 is 6.10 Å². The monoisotopic (exact) mass is 1140 g/mol. The molecule has 6 heteroatoms. The third-order valence-corrected chi connectivity index (χ3v) is 15.0. The first-order chi connectivity index (χ1) is 40.5. The summed E-state index contributed by atoms with van der Waals surface area (Å²) >= 11 is 0. The summed E-state index contributed by atoms with van der Waals surface area (Å²) in [5.41, 5.74) is 0. The molecule has 1 atom stereocenters. The number of unbranched alkanes of at least 4 members (excludes halogenated alkanes) is 34. The van der Waals surface area contributed by atoms with Gasteiger partial charge in [0, 0.05) is 19.3 Å². The van der Waals surface area contributed by atoms with Crippen molar-refractivity contribution in [1.29, 1.82) is 0 Å². The predicted octanol–water partition coefficient (Wildman–Crippen LogP) is 24.2. The zero-order valence-electron chi connectivity index (χ0n) is 54.0. The van der Waals surface area contributed by atoms with Gasteiger partial charge in [-0.3, -0.25) is 14.4 Å². The Hall–Kier alpha value is -3.93. The Labute approximate surface area is 508 Å². The lowest BCUT2D eigenvalue weighted by Gasteiger charge is -2.18. The topological polar surface area (TPSA) is 78.9 Å². The molecule has 0 aromatic carbocycles. The number of hydrogen-bond donors (Lipinski definition) is 0. The van der Waals surface area contributed by atoms with Gasteiger partial charge in [0.2, 0.25) is 0 Å². The second kappa shape index (κ2) is 69.6. The van der Waals surface area contributed by atoms with Crippen molar-refractivity contribution in [3.63, 3.8) is 0 Å². The SMILES string of the molecule is CC/C=C\C/C=C\C/C=C\C/C=C\C/C=C\C/C=C\CCCCCCCCCCCCCCCCCCC(=O)OCC(COC(=O)CCCCCCC/C=C\C/C=C\CCC)OC(=O)CCCCCCC/C=C\CCCCCCCCC. The van der Waals surface area contributed by atoms with Crippen molar-refractivity contribution in [3.8, 4) is 0 Å². The molecule has 0 aromatic rings. The molecule has 0 saturated carbocycles. The van der Waals surface area contributed by atoms with Crippen LogP contribution in [-0.2, 0) is 28.6 Å². The van der Waals surface area contributed by atoms with E-state index in [1.807, 2.05) is 0 Å². The molecule has 82 heavy (non-hydrogen) atoms. The van der Waals surface area contributed by atoms with E-state index in [1.165, 1.54) is 154 Å². The first-order valence-corrected chi connectivity index (χ1v) is 34.9. The van der Waals surface area contributed by atoms with E-state index in [-0.39, 0.29) is 31.1 Å². The summed E-state index contributed by atoms with van der Waals surface area (Å²) in [5, 5.41) is 0. The molecule has 0 bridgehead atoms. The fourth-order valence-electron chi connectivity index (χ4n) is 9.78. The van der Waals surface area contributed by atoms with Gasteiger partial charge in [-0.05, 0) is 122 Å². The van der Waals surface area contributed by atoms with Crippen LogP contribution in [0.3, 0.4) is 0 Å². The maximum absolute atomic E-state index is 12.9. The molecule has 0 radical (unpaired) electrons. The summed E-state index contributed by atoms with van der Waals surface area (Å²) in [4.78, 5) is 38.3. The number of ether oxygens (including phenoxy) is 3. The summed E-state index contributed by atoms with van der Waals surface area (Å²) in [6.07, 6.45) is 95.5. The number of carbonyl (C=O) groups is 3. The van der Waals surface area contributed by atoms with Crippen LogP contribution in [0, 0.1) is 0 Å². The lowest BCUT2D eigenvalue weighted by atomic mass is 10.0. The average molecular weight is 1140 g/mol. The van der Waals surface area contributed by atoms with Crippen molar-refractivity contribution in [1.82, 2.24) is 0 Å².